The molecule has 0 aliphatic carbocycles. The fourth-order valence-corrected chi connectivity index (χ4v) is 4.63. The highest BCUT2D eigenvalue weighted by molar-refractivity contribution is 7.91. The number of sulfone groups is 1. The predicted molar refractivity (Wildman–Crippen MR) is 103 cm³/mol. The highest BCUT2D eigenvalue weighted by Crippen LogP contribution is 2.33. The highest BCUT2D eigenvalue weighted by Gasteiger charge is 2.31. The van der Waals surface area contributed by atoms with Crippen LogP contribution in [0.2, 0.25) is 5.02 Å². The molecular weight excluding hydrogens is 368 g/mol. The average Bonchev–Trinajstić information content (AvgIpc) is 2.67. The van der Waals surface area contributed by atoms with E-state index in [1.165, 1.54) is 24.3 Å². The molecule has 0 radical (unpaired) electrons. The van der Waals surface area contributed by atoms with Crippen LogP contribution in [0.4, 0.5) is 0 Å². The zero-order chi connectivity index (χ0) is 18.6. The third kappa shape index (κ3) is 4.03. The minimum Gasteiger partial charge on any atom is -0.294 e. The Hall–Kier alpha value is -2.43. The normalized spacial score (nSPS) is 12.5. The summed E-state index contributed by atoms with van der Waals surface area (Å²) < 4.78 is 26.4. The van der Waals surface area contributed by atoms with Gasteiger partial charge in [-0.2, -0.15) is 0 Å². The van der Waals surface area contributed by atoms with Crippen molar-refractivity contribution in [3.8, 4) is 0 Å². The minimum atomic E-state index is -3.75. The summed E-state index contributed by atoms with van der Waals surface area (Å²) in [5.74, 6) is -0.211. The second-order valence-electron chi connectivity index (χ2n) is 5.89. The topological polar surface area (TPSA) is 51.2 Å². The zero-order valence-electron chi connectivity index (χ0n) is 13.9. The lowest BCUT2D eigenvalue weighted by Gasteiger charge is -2.18. The van der Waals surface area contributed by atoms with Crippen molar-refractivity contribution in [1.29, 1.82) is 0 Å². The molecule has 0 aliphatic heterocycles. The van der Waals surface area contributed by atoms with Gasteiger partial charge in [0.25, 0.3) is 0 Å². The van der Waals surface area contributed by atoms with E-state index in [1.54, 1.807) is 48.5 Å². The van der Waals surface area contributed by atoms with Crippen LogP contribution < -0.4 is 0 Å². The minimum absolute atomic E-state index is 0.126. The monoisotopic (exact) mass is 384 g/mol. The van der Waals surface area contributed by atoms with Gasteiger partial charge >= 0.3 is 0 Å². The number of hydrogen-bond acceptors (Lipinski definition) is 3. The van der Waals surface area contributed by atoms with Gasteiger partial charge in [0.05, 0.1) is 10.1 Å². The summed E-state index contributed by atoms with van der Waals surface area (Å²) in [6, 6.07) is 23.6. The average molecular weight is 385 g/mol. The summed E-state index contributed by atoms with van der Waals surface area (Å²) in [4.78, 5) is 12.8. The molecule has 5 heteroatoms. The Bertz CT molecular complexity index is 982. The van der Waals surface area contributed by atoms with E-state index >= 15 is 0 Å². The van der Waals surface area contributed by atoms with Gasteiger partial charge in [0.1, 0.15) is 0 Å². The van der Waals surface area contributed by atoms with Crippen LogP contribution in [0.25, 0.3) is 0 Å². The molecule has 0 amide bonds. The summed E-state index contributed by atoms with van der Waals surface area (Å²) in [5, 5.41) is -0.502. The molecule has 0 heterocycles. The van der Waals surface area contributed by atoms with Crippen molar-refractivity contribution in [2.75, 3.05) is 0 Å². The lowest BCUT2D eigenvalue weighted by Crippen LogP contribution is -2.18. The number of benzene rings is 3. The Morgan fingerprint density at radius 3 is 1.92 bits per heavy atom. The fraction of sp³-hybridized carbons (Fsp3) is 0.0952. The molecule has 3 rings (SSSR count). The molecule has 0 aromatic heterocycles. The number of carbonyl (C=O) groups is 1. The van der Waals surface area contributed by atoms with Crippen LogP contribution in [0.3, 0.4) is 0 Å². The number of ketones is 1. The molecule has 26 heavy (non-hydrogen) atoms. The maximum Gasteiger partial charge on any atom is 0.185 e. The van der Waals surface area contributed by atoms with Gasteiger partial charge in [0.15, 0.2) is 15.6 Å². The molecule has 3 aromatic carbocycles. The fourth-order valence-electron chi connectivity index (χ4n) is 2.77. The smallest absolute Gasteiger partial charge is 0.185 e. The first kappa shape index (κ1) is 18.4. The van der Waals surface area contributed by atoms with Crippen molar-refractivity contribution >= 4 is 27.2 Å². The van der Waals surface area contributed by atoms with Crippen LogP contribution in [0.1, 0.15) is 27.6 Å². The Morgan fingerprint density at radius 2 is 1.35 bits per heavy atom. The molecule has 0 bridgehead atoms. The lowest BCUT2D eigenvalue weighted by molar-refractivity contribution is 0.0980. The number of hydrogen-bond donors (Lipinski definition) is 0. The second kappa shape index (κ2) is 7.85. The SMILES string of the molecule is O=C(CC(c1ccccc1)S(=O)(=O)c1ccc(Cl)cc1)c1ccccc1. The molecule has 0 fully saturated rings. The van der Waals surface area contributed by atoms with Crippen molar-refractivity contribution < 1.29 is 13.2 Å². The Labute approximate surface area is 158 Å². The van der Waals surface area contributed by atoms with Crippen molar-refractivity contribution in [2.24, 2.45) is 0 Å². The van der Waals surface area contributed by atoms with Crippen LogP contribution in [0, 0.1) is 0 Å². The van der Waals surface area contributed by atoms with Crippen LogP contribution in [0.5, 0.6) is 0 Å². The van der Waals surface area contributed by atoms with Crippen molar-refractivity contribution in [2.45, 2.75) is 16.6 Å². The van der Waals surface area contributed by atoms with E-state index in [2.05, 4.69) is 0 Å². The Morgan fingerprint density at radius 1 is 0.808 bits per heavy atom. The Kier molecular flexibility index (Phi) is 5.55. The van der Waals surface area contributed by atoms with Gasteiger partial charge in [-0.15, -0.1) is 0 Å². The first-order chi connectivity index (χ1) is 12.5. The van der Waals surface area contributed by atoms with E-state index in [1.807, 2.05) is 12.1 Å². The molecule has 0 saturated carbocycles. The van der Waals surface area contributed by atoms with Crippen molar-refractivity contribution in [3.63, 3.8) is 0 Å². The van der Waals surface area contributed by atoms with E-state index in [4.69, 9.17) is 11.6 Å². The Balaban J connectivity index is 2.01. The molecule has 1 unspecified atom stereocenters. The molecule has 132 valence electrons. The molecule has 0 N–H and O–H groups in total. The second-order valence-corrected chi connectivity index (χ2v) is 8.46. The van der Waals surface area contributed by atoms with Crippen molar-refractivity contribution in [3.05, 3.63) is 101 Å². The van der Waals surface area contributed by atoms with Crippen LogP contribution in [0.15, 0.2) is 89.8 Å². The summed E-state index contributed by atoms with van der Waals surface area (Å²) in [5.41, 5.74) is 1.09. The highest BCUT2D eigenvalue weighted by atomic mass is 35.5. The molecule has 3 aromatic rings. The van der Waals surface area contributed by atoms with Crippen LogP contribution in [-0.2, 0) is 9.84 Å². The number of carbonyl (C=O) groups excluding carboxylic acids is 1. The summed E-state index contributed by atoms with van der Waals surface area (Å²) in [7, 11) is -3.75. The van der Waals surface area contributed by atoms with E-state index < -0.39 is 15.1 Å². The quantitative estimate of drug-likeness (QED) is 0.553. The molecule has 3 nitrogen and oxygen atoms in total. The van der Waals surface area contributed by atoms with Crippen LogP contribution in [-0.4, -0.2) is 14.2 Å². The summed E-state index contributed by atoms with van der Waals surface area (Å²) in [6.07, 6.45) is -0.126. The third-order valence-electron chi connectivity index (χ3n) is 4.15. The van der Waals surface area contributed by atoms with Gasteiger partial charge in [-0.25, -0.2) is 8.42 Å². The first-order valence-electron chi connectivity index (χ1n) is 8.11. The summed E-state index contributed by atoms with van der Waals surface area (Å²) >= 11 is 5.87. The summed E-state index contributed by atoms with van der Waals surface area (Å²) in [6.45, 7) is 0. The molecule has 0 aliphatic rings. The van der Waals surface area contributed by atoms with E-state index in [0.717, 1.165) is 0 Å². The molecular formula is C21H17ClO3S. The van der Waals surface area contributed by atoms with E-state index in [9.17, 15) is 13.2 Å². The standard InChI is InChI=1S/C21H17ClO3S/c22-18-11-13-19(14-12-18)26(24,25)21(17-9-5-2-6-10-17)15-20(23)16-7-3-1-4-8-16/h1-14,21H,15H2. The zero-order valence-corrected chi connectivity index (χ0v) is 15.5. The maximum absolute atomic E-state index is 13.2. The van der Waals surface area contributed by atoms with Gasteiger partial charge in [0.2, 0.25) is 0 Å². The predicted octanol–water partition coefficient (Wildman–Crippen LogP) is 5.13. The van der Waals surface area contributed by atoms with Gasteiger partial charge < -0.3 is 0 Å². The molecule has 0 spiro atoms. The van der Waals surface area contributed by atoms with Crippen LogP contribution >= 0.6 is 11.6 Å². The van der Waals surface area contributed by atoms with E-state index in [-0.39, 0.29) is 17.1 Å². The maximum atomic E-state index is 13.2. The molecule has 1 atom stereocenters. The van der Waals surface area contributed by atoms with Gasteiger partial charge in [-0.05, 0) is 29.8 Å². The largest absolute Gasteiger partial charge is 0.294 e. The van der Waals surface area contributed by atoms with Gasteiger partial charge in [-0.1, -0.05) is 72.3 Å². The number of Topliss-reactive ketones (excluding diaryl/α,β-unsaturated/α-hetero) is 1. The number of halogens is 1. The number of rotatable bonds is 6. The van der Waals surface area contributed by atoms with Crippen molar-refractivity contribution in [1.82, 2.24) is 0 Å². The van der Waals surface area contributed by atoms with Gasteiger partial charge in [0, 0.05) is 17.0 Å². The first-order valence-corrected chi connectivity index (χ1v) is 10.0. The van der Waals surface area contributed by atoms with Gasteiger partial charge in [-0.3, -0.25) is 4.79 Å². The molecule has 0 saturated heterocycles. The third-order valence-corrected chi connectivity index (χ3v) is 6.52. The lowest BCUT2D eigenvalue weighted by atomic mass is 10.0. The van der Waals surface area contributed by atoms with E-state index in [0.29, 0.717) is 16.1 Å².